The number of hydrogen-bond donors (Lipinski definition) is 2. The average molecular weight is 900 g/mol. The molecule has 6 rings (SSSR count). The van der Waals surface area contributed by atoms with Gasteiger partial charge in [0.15, 0.2) is 11.6 Å². The largest absolute Gasteiger partial charge is 0.501 e. The normalized spacial score (nSPS) is 20.7. The van der Waals surface area contributed by atoms with Crippen LogP contribution in [-0.4, -0.2) is 80.6 Å². The van der Waals surface area contributed by atoms with Crippen LogP contribution in [0.2, 0.25) is 0 Å². The number of amides is 3. The first-order chi connectivity index (χ1) is 29.6. The zero-order valence-electron chi connectivity index (χ0n) is 35.3. The van der Waals surface area contributed by atoms with Gasteiger partial charge in [-0.2, -0.15) is 13.2 Å². The summed E-state index contributed by atoms with van der Waals surface area (Å²) in [4.78, 5) is 54.4. The molecule has 0 spiro atoms. The maximum Gasteiger partial charge on any atom is 0.501 e. The molecule has 0 aromatic heterocycles. The third-order valence-corrected chi connectivity index (χ3v) is 12.7. The van der Waals surface area contributed by atoms with Gasteiger partial charge in [-0.3, -0.25) is 14.4 Å². The van der Waals surface area contributed by atoms with Crippen LogP contribution in [0.15, 0.2) is 83.8 Å². The number of piperidine rings is 1. The Morgan fingerprint density at radius 3 is 2.25 bits per heavy atom. The summed E-state index contributed by atoms with van der Waals surface area (Å²) < 4.78 is 102. The Balaban J connectivity index is 1.15. The predicted octanol–water partition coefficient (Wildman–Crippen LogP) is 8.35. The molecular formula is C45H49F4N3O10S. The number of carbonyl (C=O) groups is 4. The summed E-state index contributed by atoms with van der Waals surface area (Å²) in [5.41, 5.74) is -6.85. The van der Waals surface area contributed by atoms with Crippen molar-refractivity contribution in [1.29, 1.82) is 0 Å². The number of carbonyl (C=O) groups excluding carboxylic acids is 4. The number of sulfone groups is 1. The second-order valence-electron chi connectivity index (χ2n) is 16.9. The van der Waals surface area contributed by atoms with Crippen LogP contribution in [0.3, 0.4) is 0 Å². The molecule has 4 aromatic carbocycles. The fourth-order valence-corrected chi connectivity index (χ4v) is 8.48. The first kappa shape index (κ1) is 46.6. The second-order valence-corrected chi connectivity index (χ2v) is 18.9. The Hall–Kier alpha value is -5.91. The summed E-state index contributed by atoms with van der Waals surface area (Å²) >= 11 is 0. The van der Waals surface area contributed by atoms with Crippen LogP contribution in [0.25, 0.3) is 10.8 Å². The van der Waals surface area contributed by atoms with E-state index in [0.717, 1.165) is 34.5 Å². The molecule has 3 amide bonds. The van der Waals surface area contributed by atoms with E-state index in [1.165, 1.54) is 24.1 Å². The minimum absolute atomic E-state index is 0.00362. The highest BCUT2D eigenvalue weighted by molar-refractivity contribution is 7.92. The molecule has 2 atom stereocenters. The molecule has 13 nitrogen and oxygen atoms in total. The van der Waals surface area contributed by atoms with E-state index < -0.39 is 73.0 Å². The molecule has 1 saturated carbocycles. The van der Waals surface area contributed by atoms with Crippen LogP contribution in [0.4, 0.5) is 28.0 Å². The molecule has 2 fully saturated rings. The SMILES string of the molecule is COc1cc(F)c(OC2CCC(C)(C(=O)OCc3cccc4ccccc34)CC2)cc1C(=O)N[C@@H]1CCN(C(=O)OC(C)(C)C)C[C@@H]1C(=O)Nc1cccc(S(=O)(=O)C(F)(F)F)c1. The number of nitrogens with one attached hydrogen (secondary N) is 2. The first-order valence-electron chi connectivity index (χ1n) is 20.3. The van der Waals surface area contributed by atoms with Gasteiger partial charge in [0.05, 0.1) is 35.0 Å². The molecule has 0 radical (unpaired) electrons. The maximum absolute atomic E-state index is 15.5. The number of methoxy groups -OCH3 is 1. The molecule has 0 unspecified atom stereocenters. The number of ether oxygens (including phenoxy) is 4. The fraction of sp³-hybridized carbons (Fsp3) is 0.422. The Morgan fingerprint density at radius 1 is 0.889 bits per heavy atom. The summed E-state index contributed by atoms with van der Waals surface area (Å²) in [5.74, 6) is -4.47. The highest BCUT2D eigenvalue weighted by Crippen LogP contribution is 2.40. The van der Waals surface area contributed by atoms with Gasteiger partial charge in [-0.25, -0.2) is 17.6 Å². The molecule has 1 saturated heterocycles. The lowest BCUT2D eigenvalue weighted by atomic mass is 9.74. The number of rotatable bonds is 11. The zero-order valence-corrected chi connectivity index (χ0v) is 36.2. The van der Waals surface area contributed by atoms with Crippen LogP contribution in [0.1, 0.15) is 75.7 Å². The molecule has 18 heteroatoms. The van der Waals surface area contributed by atoms with Crippen molar-refractivity contribution in [1.82, 2.24) is 10.2 Å². The van der Waals surface area contributed by atoms with Crippen molar-refractivity contribution in [2.45, 2.75) is 94.6 Å². The topological polar surface area (TPSA) is 167 Å². The van der Waals surface area contributed by atoms with Crippen LogP contribution in [0.5, 0.6) is 11.5 Å². The van der Waals surface area contributed by atoms with Gasteiger partial charge in [0.25, 0.3) is 15.7 Å². The van der Waals surface area contributed by atoms with Crippen molar-refractivity contribution >= 4 is 50.2 Å². The van der Waals surface area contributed by atoms with Gasteiger partial charge in [-0.1, -0.05) is 48.5 Å². The van der Waals surface area contributed by atoms with Gasteiger partial charge in [-0.15, -0.1) is 0 Å². The van der Waals surface area contributed by atoms with Crippen LogP contribution in [0, 0.1) is 17.2 Å². The van der Waals surface area contributed by atoms with Crippen molar-refractivity contribution in [3.05, 3.63) is 95.8 Å². The summed E-state index contributed by atoms with van der Waals surface area (Å²) in [6.07, 6.45) is 0.277. The lowest BCUT2D eigenvalue weighted by molar-refractivity contribution is -0.159. The van der Waals surface area contributed by atoms with Crippen LogP contribution in [-0.2, 0) is 35.5 Å². The fourth-order valence-electron chi connectivity index (χ4n) is 7.68. The number of benzene rings is 4. The Kier molecular flexibility index (Phi) is 13.6. The van der Waals surface area contributed by atoms with E-state index >= 15 is 4.39 Å². The summed E-state index contributed by atoms with van der Waals surface area (Å²) in [5, 5.41) is 7.21. The van der Waals surface area contributed by atoms with E-state index in [4.69, 9.17) is 18.9 Å². The molecule has 63 heavy (non-hydrogen) atoms. The number of likely N-dealkylation sites (tertiary alicyclic amines) is 1. The molecule has 4 aromatic rings. The van der Waals surface area contributed by atoms with E-state index in [9.17, 15) is 40.8 Å². The second kappa shape index (κ2) is 18.4. The summed E-state index contributed by atoms with van der Waals surface area (Å²) in [6, 6.07) is 18.4. The smallest absolute Gasteiger partial charge is 0.496 e. The van der Waals surface area contributed by atoms with E-state index in [2.05, 4.69) is 10.6 Å². The molecule has 0 bridgehead atoms. The number of fused-ring (bicyclic) bond motifs is 1. The van der Waals surface area contributed by atoms with Gasteiger partial charge in [0, 0.05) is 30.9 Å². The van der Waals surface area contributed by atoms with Gasteiger partial charge >= 0.3 is 17.6 Å². The Labute approximate surface area is 362 Å². The molecule has 1 aliphatic heterocycles. The number of halogens is 4. The molecular weight excluding hydrogens is 851 g/mol. The average Bonchev–Trinajstić information content (AvgIpc) is 3.23. The third-order valence-electron chi connectivity index (χ3n) is 11.2. The van der Waals surface area contributed by atoms with Crippen molar-refractivity contribution in [3.63, 3.8) is 0 Å². The Morgan fingerprint density at radius 2 is 1.57 bits per heavy atom. The van der Waals surface area contributed by atoms with E-state index in [0.29, 0.717) is 31.7 Å². The number of nitrogens with zero attached hydrogens (tertiary/aromatic N) is 1. The molecule has 2 aliphatic rings. The van der Waals surface area contributed by atoms with Crippen molar-refractivity contribution < 1.29 is 64.1 Å². The predicted molar refractivity (Wildman–Crippen MR) is 223 cm³/mol. The lowest BCUT2D eigenvalue weighted by Crippen LogP contribution is -2.56. The molecule has 338 valence electrons. The van der Waals surface area contributed by atoms with Gasteiger partial charge in [-0.05, 0) is 100 Å². The highest BCUT2D eigenvalue weighted by atomic mass is 32.2. The van der Waals surface area contributed by atoms with Crippen molar-refractivity contribution in [3.8, 4) is 11.5 Å². The zero-order chi connectivity index (χ0) is 45.9. The quantitative estimate of drug-likeness (QED) is 0.110. The van der Waals surface area contributed by atoms with E-state index in [-0.39, 0.29) is 54.8 Å². The lowest BCUT2D eigenvalue weighted by Gasteiger charge is -2.38. The monoisotopic (exact) mass is 899 g/mol. The van der Waals surface area contributed by atoms with E-state index in [1.807, 2.05) is 49.4 Å². The summed E-state index contributed by atoms with van der Waals surface area (Å²) in [6.45, 7) is 6.59. The molecule has 1 aliphatic carbocycles. The number of anilines is 1. The summed E-state index contributed by atoms with van der Waals surface area (Å²) in [7, 11) is -4.52. The third kappa shape index (κ3) is 10.8. The molecule has 1 heterocycles. The number of hydrogen-bond acceptors (Lipinski definition) is 10. The van der Waals surface area contributed by atoms with Gasteiger partial charge in [0.2, 0.25) is 5.91 Å². The standard InChI is InChI=1S/C45H49F4N3O10S/c1-43(2,3)62-42(56)52-21-18-36(34(25-52)40(54)50-29-13-9-14-31(22-29)63(57,58)45(47,48)49)51-39(53)33-23-38(35(46)24-37(33)59-5)61-30-16-19-44(4,20-17-30)41(55)60-26-28-12-8-11-27-10-6-7-15-32(27)28/h6-15,22-24,30,34,36H,16-21,25-26H2,1-5H3,(H,50,54)(H,51,53)/t30?,34-,36+,44?/m0/s1. The van der Waals surface area contributed by atoms with Crippen LogP contribution < -0.4 is 20.1 Å². The van der Waals surface area contributed by atoms with Gasteiger partial charge in [0.1, 0.15) is 18.0 Å². The number of alkyl halides is 3. The van der Waals surface area contributed by atoms with Gasteiger partial charge < -0.3 is 34.5 Å². The molecule has 2 N–H and O–H groups in total. The van der Waals surface area contributed by atoms with Crippen molar-refractivity contribution in [2.75, 3.05) is 25.5 Å². The first-order valence-corrected chi connectivity index (χ1v) is 21.8. The van der Waals surface area contributed by atoms with Crippen LogP contribution >= 0.6 is 0 Å². The van der Waals surface area contributed by atoms with E-state index in [1.54, 1.807) is 20.8 Å². The maximum atomic E-state index is 15.5. The Bertz CT molecular complexity index is 2480. The minimum atomic E-state index is -5.75. The van der Waals surface area contributed by atoms with Crippen molar-refractivity contribution in [2.24, 2.45) is 11.3 Å². The highest BCUT2D eigenvalue weighted by Gasteiger charge is 2.47. The number of esters is 1. The minimum Gasteiger partial charge on any atom is -0.496 e.